The Bertz CT molecular complexity index is 706. The fraction of sp³-hybridized carbons (Fsp3) is 0.524. The lowest BCUT2D eigenvalue weighted by Gasteiger charge is -2.19. The zero-order valence-electron chi connectivity index (χ0n) is 15.8. The van der Waals surface area contributed by atoms with Crippen LogP contribution in [-0.4, -0.2) is 42.0 Å². The number of benzene rings is 1. The Morgan fingerprint density at radius 2 is 1.89 bits per heavy atom. The van der Waals surface area contributed by atoms with Crippen molar-refractivity contribution in [1.82, 2.24) is 15.2 Å². The van der Waals surface area contributed by atoms with Gasteiger partial charge in [0.25, 0.3) is 0 Å². The molecule has 6 heteroatoms. The smallest absolute Gasteiger partial charge is 0.220 e. The van der Waals surface area contributed by atoms with Crippen molar-refractivity contribution in [3.05, 3.63) is 41.4 Å². The molecule has 3 rings (SSSR count). The molecule has 0 radical (unpaired) electrons. The summed E-state index contributed by atoms with van der Waals surface area (Å²) in [5.74, 6) is 1.33. The van der Waals surface area contributed by atoms with E-state index in [0.717, 1.165) is 25.1 Å². The van der Waals surface area contributed by atoms with E-state index in [1.165, 1.54) is 38.8 Å². The van der Waals surface area contributed by atoms with Crippen LogP contribution in [0.15, 0.2) is 34.9 Å². The highest BCUT2D eigenvalue weighted by Crippen LogP contribution is 2.22. The lowest BCUT2D eigenvalue weighted by molar-refractivity contribution is -0.121. The normalized spacial score (nSPS) is 15.4. The van der Waals surface area contributed by atoms with Crippen LogP contribution in [-0.2, 0) is 11.2 Å². The first kappa shape index (κ1) is 19.9. The number of nitrogens with zero attached hydrogens (tertiary/aromatic N) is 2. The number of amides is 1. The lowest BCUT2D eigenvalue weighted by Crippen LogP contribution is -2.30. The van der Waals surface area contributed by atoms with Gasteiger partial charge in [-0.1, -0.05) is 24.4 Å². The summed E-state index contributed by atoms with van der Waals surface area (Å²) in [6, 6.07) is 7.42. The Hall–Kier alpha value is -1.85. The molecule has 1 aromatic heterocycles. The van der Waals surface area contributed by atoms with Crippen LogP contribution >= 0.6 is 11.6 Å². The SMILES string of the molecule is O=C(CCc1ncc(-c2ccc(Cl)cc2)o1)NCCCN1CCCCCC1. The van der Waals surface area contributed by atoms with Crippen molar-refractivity contribution in [3.8, 4) is 11.3 Å². The Labute approximate surface area is 166 Å². The van der Waals surface area contributed by atoms with Gasteiger partial charge in [0.15, 0.2) is 11.7 Å². The van der Waals surface area contributed by atoms with Crippen molar-refractivity contribution < 1.29 is 9.21 Å². The Kier molecular flexibility index (Phi) is 7.72. The van der Waals surface area contributed by atoms with Gasteiger partial charge in [-0.3, -0.25) is 4.79 Å². The zero-order chi connectivity index (χ0) is 18.9. The van der Waals surface area contributed by atoms with E-state index in [1.807, 2.05) is 24.3 Å². The van der Waals surface area contributed by atoms with E-state index in [4.69, 9.17) is 16.0 Å². The molecule has 0 atom stereocenters. The topological polar surface area (TPSA) is 58.4 Å². The summed E-state index contributed by atoms with van der Waals surface area (Å²) >= 11 is 5.90. The van der Waals surface area contributed by atoms with Crippen LogP contribution < -0.4 is 5.32 Å². The molecule has 0 aliphatic carbocycles. The molecule has 0 saturated carbocycles. The Morgan fingerprint density at radius 1 is 1.15 bits per heavy atom. The van der Waals surface area contributed by atoms with Gasteiger partial charge in [0.2, 0.25) is 5.91 Å². The summed E-state index contributed by atoms with van der Waals surface area (Å²) in [5.41, 5.74) is 0.927. The number of carbonyl (C=O) groups excluding carboxylic acids is 1. The summed E-state index contributed by atoms with van der Waals surface area (Å²) in [6.45, 7) is 4.21. The van der Waals surface area contributed by atoms with Crippen LogP contribution in [0.5, 0.6) is 0 Å². The molecule has 5 nitrogen and oxygen atoms in total. The number of oxazole rings is 1. The minimum atomic E-state index is 0.0529. The van der Waals surface area contributed by atoms with Gasteiger partial charge in [0.1, 0.15) is 0 Å². The lowest BCUT2D eigenvalue weighted by atomic mass is 10.2. The van der Waals surface area contributed by atoms with Gasteiger partial charge in [-0.05, 0) is 63.2 Å². The van der Waals surface area contributed by atoms with Crippen molar-refractivity contribution in [2.24, 2.45) is 0 Å². The monoisotopic (exact) mass is 389 g/mol. The minimum Gasteiger partial charge on any atom is -0.441 e. The number of hydrogen-bond acceptors (Lipinski definition) is 4. The molecular formula is C21H28ClN3O2. The average Bonchev–Trinajstić information content (AvgIpc) is 3.00. The number of likely N-dealkylation sites (tertiary alicyclic amines) is 1. The number of nitrogens with one attached hydrogen (secondary N) is 1. The molecular weight excluding hydrogens is 362 g/mol. The molecule has 0 bridgehead atoms. The van der Waals surface area contributed by atoms with E-state index >= 15 is 0 Å². The van der Waals surface area contributed by atoms with Gasteiger partial charge >= 0.3 is 0 Å². The van der Waals surface area contributed by atoms with E-state index in [2.05, 4.69) is 15.2 Å². The fourth-order valence-corrected chi connectivity index (χ4v) is 3.50. The summed E-state index contributed by atoms with van der Waals surface area (Å²) in [4.78, 5) is 18.8. The predicted octanol–water partition coefficient (Wildman–Crippen LogP) is 4.31. The van der Waals surface area contributed by atoms with Gasteiger partial charge in [-0.25, -0.2) is 4.98 Å². The van der Waals surface area contributed by atoms with E-state index in [9.17, 15) is 4.79 Å². The summed E-state index contributed by atoms with van der Waals surface area (Å²) in [5, 5.41) is 3.69. The third kappa shape index (κ3) is 6.67. The largest absolute Gasteiger partial charge is 0.441 e. The van der Waals surface area contributed by atoms with E-state index in [0.29, 0.717) is 29.5 Å². The van der Waals surface area contributed by atoms with Gasteiger partial charge in [-0.2, -0.15) is 0 Å². The van der Waals surface area contributed by atoms with Crippen molar-refractivity contribution in [3.63, 3.8) is 0 Å². The summed E-state index contributed by atoms with van der Waals surface area (Å²) in [6.07, 6.45) is 8.92. The number of aromatic nitrogens is 1. The number of carbonyl (C=O) groups is 1. The molecule has 1 saturated heterocycles. The van der Waals surface area contributed by atoms with Gasteiger partial charge in [-0.15, -0.1) is 0 Å². The van der Waals surface area contributed by atoms with Crippen LogP contribution in [0.1, 0.15) is 44.4 Å². The average molecular weight is 390 g/mol. The van der Waals surface area contributed by atoms with Gasteiger partial charge in [0, 0.05) is 30.0 Å². The van der Waals surface area contributed by atoms with Gasteiger partial charge < -0.3 is 14.6 Å². The highest BCUT2D eigenvalue weighted by atomic mass is 35.5. The molecule has 1 aliphatic heterocycles. The maximum Gasteiger partial charge on any atom is 0.220 e. The van der Waals surface area contributed by atoms with Crippen molar-refractivity contribution in [2.75, 3.05) is 26.2 Å². The Balaban J connectivity index is 1.34. The molecule has 27 heavy (non-hydrogen) atoms. The van der Waals surface area contributed by atoms with Crippen molar-refractivity contribution in [2.45, 2.75) is 44.9 Å². The first-order chi connectivity index (χ1) is 13.2. The highest BCUT2D eigenvalue weighted by Gasteiger charge is 2.10. The molecule has 0 unspecified atom stereocenters. The second-order valence-electron chi connectivity index (χ2n) is 7.08. The summed E-state index contributed by atoms with van der Waals surface area (Å²) < 4.78 is 5.74. The quantitative estimate of drug-likeness (QED) is 0.683. The van der Waals surface area contributed by atoms with Crippen LogP contribution in [0, 0.1) is 0 Å². The second-order valence-corrected chi connectivity index (χ2v) is 7.52. The van der Waals surface area contributed by atoms with E-state index in [1.54, 1.807) is 6.20 Å². The van der Waals surface area contributed by atoms with Crippen molar-refractivity contribution in [1.29, 1.82) is 0 Å². The molecule has 1 fully saturated rings. The number of halogens is 1. The third-order valence-electron chi connectivity index (χ3n) is 4.92. The molecule has 1 aliphatic rings. The Morgan fingerprint density at radius 3 is 2.63 bits per heavy atom. The van der Waals surface area contributed by atoms with Crippen LogP contribution in [0.25, 0.3) is 11.3 Å². The van der Waals surface area contributed by atoms with Crippen LogP contribution in [0.2, 0.25) is 5.02 Å². The first-order valence-electron chi connectivity index (χ1n) is 9.90. The summed E-state index contributed by atoms with van der Waals surface area (Å²) in [7, 11) is 0. The molecule has 0 spiro atoms. The van der Waals surface area contributed by atoms with Crippen LogP contribution in [0.4, 0.5) is 0 Å². The van der Waals surface area contributed by atoms with E-state index < -0.39 is 0 Å². The van der Waals surface area contributed by atoms with Crippen LogP contribution in [0.3, 0.4) is 0 Å². The fourth-order valence-electron chi connectivity index (χ4n) is 3.37. The zero-order valence-corrected chi connectivity index (χ0v) is 16.5. The van der Waals surface area contributed by atoms with Crippen molar-refractivity contribution >= 4 is 17.5 Å². The standard InChI is InChI=1S/C21H28ClN3O2/c22-18-8-6-17(7-9-18)19-16-24-21(27-19)11-10-20(26)23-12-5-15-25-13-3-1-2-4-14-25/h6-9,16H,1-5,10-15H2,(H,23,26). The first-order valence-corrected chi connectivity index (χ1v) is 10.3. The molecule has 1 amide bonds. The maximum atomic E-state index is 12.0. The minimum absolute atomic E-state index is 0.0529. The number of hydrogen-bond donors (Lipinski definition) is 1. The molecule has 146 valence electrons. The van der Waals surface area contributed by atoms with Gasteiger partial charge in [0.05, 0.1) is 6.20 Å². The predicted molar refractivity (Wildman–Crippen MR) is 108 cm³/mol. The second kappa shape index (κ2) is 10.5. The third-order valence-corrected chi connectivity index (χ3v) is 5.17. The maximum absolute atomic E-state index is 12.0. The molecule has 2 aromatic rings. The number of rotatable bonds is 8. The molecule has 1 N–H and O–H groups in total. The highest BCUT2D eigenvalue weighted by molar-refractivity contribution is 6.30. The number of aryl methyl sites for hydroxylation is 1. The molecule has 1 aromatic carbocycles. The van der Waals surface area contributed by atoms with E-state index in [-0.39, 0.29) is 5.91 Å². The molecule has 2 heterocycles.